The van der Waals surface area contributed by atoms with Gasteiger partial charge in [0.25, 0.3) is 0 Å². The average molecular weight is 400 g/mol. The van der Waals surface area contributed by atoms with Crippen molar-refractivity contribution in [1.82, 2.24) is 0 Å². The number of hydrogen-bond acceptors (Lipinski definition) is 4. The molecule has 0 atom stereocenters. The minimum atomic E-state index is -0.432. The minimum Gasteiger partial charge on any atom is -0.427 e. The van der Waals surface area contributed by atoms with E-state index in [-0.39, 0.29) is 5.97 Å². The maximum atomic E-state index is 11.6. The molecule has 0 fully saturated rings. The minimum absolute atomic E-state index is 0.244. The molecule has 0 bridgehead atoms. The van der Waals surface area contributed by atoms with Crippen molar-refractivity contribution in [1.29, 1.82) is 0 Å². The summed E-state index contributed by atoms with van der Waals surface area (Å²) in [6.45, 7) is 8.97. The van der Waals surface area contributed by atoms with Crippen LogP contribution >= 0.6 is 0 Å². The predicted molar refractivity (Wildman–Crippen MR) is 118 cm³/mol. The third-order valence-electron chi connectivity index (χ3n) is 4.66. The largest absolute Gasteiger partial charge is 0.427 e. The van der Waals surface area contributed by atoms with E-state index in [1.165, 1.54) is 0 Å². The fraction of sp³-hybridized carbons (Fsp3) is 0.154. The topological polar surface area (TPSA) is 52.6 Å². The molecule has 0 saturated carbocycles. The van der Waals surface area contributed by atoms with Crippen molar-refractivity contribution in [3.63, 3.8) is 0 Å². The number of ether oxygens (including phenoxy) is 2. The molecule has 152 valence electrons. The van der Waals surface area contributed by atoms with Gasteiger partial charge in [-0.1, -0.05) is 56.0 Å². The molecule has 0 aliphatic rings. The van der Waals surface area contributed by atoms with Gasteiger partial charge in [0, 0.05) is 12.0 Å². The molecule has 30 heavy (non-hydrogen) atoms. The van der Waals surface area contributed by atoms with Crippen LogP contribution in [0.1, 0.15) is 25.8 Å². The van der Waals surface area contributed by atoms with Crippen LogP contribution in [-0.2, 0) is 9.59 Å². The summed E-state index contributed by atoms with van der Waals surface area (Å²) in [6, 6.07) is 21.2. The van der Waals surface area contributed by atoms with E-state index in [1.807, 2.05) is 37.3 Å². The molecule has 0 aromatic heterocycles. The van der Waals surface area contributed by atoms with Crippen molar-refractivity contribution in [2.24, 2.45) is 0 Å². The van der Waals surface area contributed by atoms with E-state index in [0.29, 0.717) is 23.5 Å². The van der Waals surface area contributed by atoms with Gasteiger partial charge < -0.3 is 9.47 Å². The summed E-state index contributed by atoms with van der Waals surface area (Å²) >= 11 is 0. The van der Waals surface area contributed by atoms with Crippen LogP contribution in [0.3, 0.4) is 0 Å². The van der Waals surface area contributed by atoms with E-state index >= 15 is 0 Å². The molecule has 0 spiro atoms. The lowest BCUT2D eigenvalue weighted by Crippen LogP contribution is -2.07. The average Bonchev–Trinajstić information content (AvgIpc) is 2.74. The Labute approximate surface area is 176 Å². The first-order chi connectivity index (χ1) is 14.4. The number of carbonyl (C=O) groups excluding carboxylic acids is 2. The molecule has 0 heterocycles. The Morgan fingerprint density at radius 1 is 0.800 bits per heavy atom. The zero-order valence-corrected chi connectivity index (χ0v) is 17.4. The quantitative estimate of drug-likeness (QED) is 0.284. The van der Waals surface area contributed by atoms with Crippen molar-refractivity contribution in [3.05, 3.63) is 84.4 Å². The van der Waals surface area contributed by atoms with Gasteiger partial charge in [0.1, 0.15) is 11.5 Å². The van der Waals surface area contributed by atoms with E-state index < -0.39 is 5.97 Å². The highest BCUT2D eigenvalue weighted by Gasteiger charge is 2.08. The second-order valence-electron chi connectivity index (χ2n) is 7.08. The molecule has 4 heteroatoms. The van der Waals surface area contributed by atoms with Crippen molar-refractivity contribution in [2.75, 3.05) is 0 Å². The summed E-state index contributed by atoms with van der Waals surface area (Å²) in [4.78, 5) is 23.1. The van der Waals surface area contributed by atoms with E-state index in [2.05, 4.69) is 30.8 Å². The number of esters is 2. The lowest BCUT2D eigenvalue weighted by atomic mass is 9.97. The normalized spacial score (nSPS) is 10.4. The summed E-state index contributed by atoms with van der Waals surface area (Å²) in [5.74, 6) is 0.375. The predicted octanol–water partition coefficient (Wildman–Crippen LogP) is 6.13. The van der Waals surface area contributed by atoms with Crippen molar-refractivity contribution in [3.8, 4) is 33.8 Å². The summed E-state index contributed by atoms with van der Waals surface area (Å²) in [5.41, 5.74) is 5.64. The van der Waals surface area contributed by atoms with Gasteiger partial charge in [0.15, 0.2) is 0 Å². The van der Waals surface area contributed by atoms with Crippen molar-refractivity contribution in [2.45, 2.75) is 27.2 Å². The summed E-state index contributed by atoms with van der Waals surface area (Å²) in [6.07, 6.45) is 0.347. The second kappa shape index (κ2) is 9.23. The number of hydrogen-bond donors (Lipinski definition) is 0. The van der Waals surface area contributed by atoms with E-state index in [1.54, 1.807) is 26.0 Å². The molecule has 3 aromatic carbocycles. The van der Waals surface area contributed by atoms with Gasteiger partial charge in [-0.2, -0.15) is 0 Å². The molecule has 0 aliphatic carbocycles. The SMILES string of the molecule is C=C(C)C(=O)Oc1ccc(-c2ccc(-c3ccc(OC(=O)CC)cc3C)cc2)cc1. The van der Waals surface area contributed by atoms with Crippen LogP contribution in [0.5, 0.6) is 11.5 Å². The van der Waals surface area contributed by atoms with Crippen molar-refractivity contribution >= 4 is 11.9 Å². The number of rotatable bonds is 6. The van der Waals surface area contributed by atoms with Crippen LogP contribution < -0.4 is 9.47 Å². The zero-order chi connectivity index (χ0) is 21.7. The maximum Gasteiger partial charge on any atom is 0.338 e. The van der Waals surface area contributed by atoms with E-state index in [0.717, 1.165) is 27.8 Å². The molecule has 0 aliphatic heterocycles. The van der Waals surface area contributed by atoms with Gasteiger partial charge in [-0.05, 0) is 65.9 Å². The van der Waals surface area contributed by atoms with Crippen LogP contribution in [0, 0.1) is 6.92 Å². The first-order valence-corrected chi connectivity index (χ1v) is 9.77. The van der Waals surface area contributed by atoms with Crippen molar-refractivity contribution < 1.29 is 19.1 Å². The molecule has 0 unspecified atom stereocenters. The molecule has 0 radical (unpaired) electrons. The van der Waals surface area contributed by atoms with Gasteiger partial charge in [-0.15, -0.1) is 0 Å². The monoisotopic (exact) mass is 400 g/mol. The molecule has 3 aromatic rings. The Kier molecular flexibility index (Phi) is 6.48. The van der Waals surface area contributed by atoms with Crippen LogP contribution in [-0.4, -0.2) is 11.9 Å². The Hall–Kier alpha value is -3.66. The first-order valence-electron chi connectivity index (χ1n) is 9.77. The highest BCUT2D eigenvalue weighted by Crippen LogP contribution is 2.30. The standard InChI is InChI=1S/C26H24O4/c1-5-25(27)29-23-14-15-24(18(4)16-23)21-8-6-19(7-9-21)20-10-12-22(13-11-20)30-26(28)17(2)3/h6-16H,2,5H2,1,3-4H3. The lowest BCUT2D eigenvalue weighted by molar-refractivity contribution is -0.134. The summed E-state index contributed by atoms with van der Waals surface area (Å²) in [5, 5.41) is 0. The lowest BCUT2D eigenvalue weighted by Gasteiger charge is -2.10. The molecular formula is C26H24O4. The Balaban J connectivity index is 1.76. The molecule has 0 N–H and O–H groups in total. The second-order valence-corrected chi connectivity index (χ2v) is 7.08. The smallest absolute Gasteiger partial charge is 0.338 e. The fourth-order valence-electron chi connectivity index (χ4n) is 2.98. The Morgan fingerprint density at radius 2 is 1.33 bits per heavy atom. The summed E-state index contributed by atoms with van der Waals surface area (Å²) < 4.78 is 10.5. The molecule has 3 rings (SSSR count). The maximum absolute atomic E-state index is 11.6. The van der Waals surface area contributed by atoms with Gasteiger partial charge in [0.05, 0.1) is 0 Å². The van der Waals surface area contributed by atoms with Crippen LogP contribution in [0.4, 0.5) is 0 Å². The number of benzene rings is 3. The molecule has 4 nitrogen and oxygen atoms in total. The molecular weight excluding hydrogens is 376 g/mol. The van der Waals surface area contributed by atoms with Gasteiger partial charge in [-0.25, -0.2) is 4.79 Å². The highest BCUT2D eigenvalue weighted by molar-refractivity contribution is 5.88. The number of carbonyl (C=O) groups is 2. The number of aryl methyl sites for hydroxylation is 1. The Morgan fingerprint density at radius 3 is 1.87 bits per heavy atom. The van der Waals surface area contributed by atoms with Crippen LogP contribution in [0.15, 0.2) is 78.9 Å². The molecule has 0 saturated heterocycles. The van der Waals surface area contributed by atoms with Gasteiger partial charge in [-0.3, -0.25) is 4.79 Å². The summed E-state index contributed by atoms with van der Waals surface area (Å²) in [7, 11) is 0. The van der Waals surface area contributed by atoms with E-state index in [9.17, 15) is 9.59 Å². The highest BCUT2D eigenvalue weighted by atomic mass is 16.5. The Bertz CT molecular complexity index is 1080. The third kappa shape index (κ3) is 5.03. The van der Waals surface area contributed by atoms with Gasteiger partial charge >= 0.3 is 11.9 Å². The fourth-order valence-corrected chi connectivity index (χ4v) is 2.98. The molecule has 0 amide bonds. The van der Waals surface area contributed by atoms with Gasteiger partial charge in [0.2, 0.25) is 0 Å². The third-order valence-corrected chi connectivity index (χ3v) is 4.66. The van der Waals surface area contributed by atoms with Crippen LogP contribution in [0.25, 0.3) is 22.3 Å². The van der Waals surface area contributed by atoms with E-state index in [4.69, 9.17) is 9.47 Å². The zero-order valence-electron chi connectivity index (χ0n) is 17.4. The first kappa shape index (κ1) is 21.1. The van der Waals surface area contributed by atoms with Crippen LogP contribution in [0.2, 0.25) is 0 Å².